The number of carboxylic acids is 3. The molecule has 0 aromatic heterocycles. The van der Waals surface area contributed by atoms with E-state index in [-0.39, 0.29) is 19.1 Å². The topological polar surface area (TPSA) is 127 Å². The van der Waals surface area contributed by atoms with Crippen LogP contribution in [0.5, 0.6) is 0 Å². The molecule has 0 radical (unpaired) electrons. The van der Waals surface area contributed by atoms with Gasteiger partial charge in [-0.1, -0.05) is 0 Å². The van der Waals surface area contributed by atoms with Gasteiger partial charge in [0, 0.05) is 12.6 Å². The molecule has 17 heavy (non-hydrogen) atoms. The fraction of sp³-hybridized carbons (Fsp3) is 0.667. The Morgan fingerprint density at radius 3 is 1.88 bits per heavy atom. The third-order valence-electron chi connectivity index (χ3n) is 1.85. The summed E-state index contributed by atoms with van der Waals surface area (Å²) in [4.78, 5) is 32.5. The second kappa shape index (κ2) is 7.58. The third kappa shape index (κ3) is 9.27. The Labute approximate surface area is 97.8 Å². The zero-order valence-corrected chi connectivity index (χ0v) is 9.42. The predicted molar refractivity (Wildman–Crippen MR) is 56.8 cm³/mol. The maximum Gasteiger partial charge on any atom is 0.317 e. The molecule has 1 atom stereocenters. The summed E-state index contributed by atoms with van der Waals surface area (Å²) in [5.74, 6) is -3.28. The second-order valence-electron chi connectivity index (χ2n) is 3.63. The average Bonchev–Trinajstić information content (AvgIpc) is 2.12. The van der Waals surface area contributed by atoms with Crippen LogP contribution >= 0.6 is 0 Å². The van der Waals surface area contributed by atoms with Crippen molar-refractivity contribution >= 4 is 17.9 Å². The van der Waals surface area contributed by atoms with Gasteiger partial charge in [0.1, 0.15) is 0 Å². The van der Waals surface area contributed by atoms with Gasteiger partial charge in [-0.2, -0.15) is 0 Å². The maximum atomic E-state index is 10.5. The largest absolute Gasteiger partial charge is 0.480 e. The Hall–Kier alpha value is -1.67. The Kier molecular flexibility index (Phi) is 6.83. The Bertz CT molecular complexity index is 277. The van der Waals surface area contributed by atoms with Gasteiger partial charge in [0.2, 0.25) is 0 Å². The van der Waals surface area contributed by atoms with Gasteiger partial charge in [-0.25, -0.2) is 0 Å². The fourth-order valence-corrected chi connectivity index (χ4v) is 1.28. The quantitative estimate of drug-likeness (QED) is 0.389. The van der Waals surface area contributed by atoms with Crippen molar-refractivity contribution in [2.45, 2.75) is 13.0 Å². The molecule has 0 rings (SSSR count). The lowest BCUT2D eigenvalue weighted by molar-refractivity contribution is -0.142. The van der Waals surface area contributed by atoms with Crippen molar-refractivity contribution in [3.05, 3.63) is 0 Å². The van der Waals surface area contributed by atoms with Crippen molar-refractivity contribution in [3.63, 3.8) is 0 Å². The average molecular weight is 248 g/mol. The number of carboxylic acid groups (broad SMARTS) is 3. The van der Waals surface area contributed by atoms with Crippen LogP contribution < -0.4 is 5.32 Å². The van der Waals surface area contributed by atoms with Crippen LogP contribution in [-0.4, -0.2) is 70.3 Å². The maximum absolute atomic E-state index is 10.5. The summed E-state index contributed by atoms with van der Waals surface area (Å²) >= 11 is 0. The molecule has 0 unspecified atom stereocenters. The highest BCUT2D eigenvalue weighted by molar-refractivity contribution is 5.72. The van der Waals surface area contributed by atoms with Crippen molar-refractivity contribution in [1.82, 2.24) is 10.2 Å². The minimum atomic E-state index is -1.13. The number of nitrogens with zero attached hydrogens (tertiary/aromatic N) is 1. The molecule has 0 aliphatic rings. The van der Waals surface area contributed by atoms with Gasteiger partial charge in [-0.05, 0) is 6.92 Å². The smallest absolute Gasteiger partial charge is 0.317 e. The van der Waals surface area contributed by atoms with Gasteiger partial charge in [0.15, 0.2) is 0 Å². The molecule has 0 heterocycles. The van der Waals surface area contributed by atoms with Crippen molar-refractivity contribution in [1.29, 1.82) is 0 Å². The van der Waals surface area contributed by atoms with E-state index < -0.39 is 31.0 Å². The summed E-state index contributed by atoms with van der Waals surface area (Å²) in [5.41, 5.74) is 0. The molecule has 0 aromatic rings. The van der Waals surface area contributed by atoms with Crippen molar-refractivity contribution in [2.24, 2.45) is 0 Å². The molecule has 0 saturated heterocycles. The zero-order chi connectivity index (χ0) is 13.4. The van der Waals surface area contributed by atoms with Crippen LogP contribution in [-0.2, 0) is 14.4 Å². The Balaban J connectivity index is 4.16. The van der Waals surface area contributed by atoms with Gasteiger partial charge in [0.25, 0.3) is 0 Å². The number of aliphatic carboxylic acids is 3. The van der Waals surface area contributed by atoms with Crippen LogP contribution in [0.2, 0.25) is 0 Å². The highest BCUT2D eigenvalue weighted by atomic mass is 16.4. The van der Waals surface area contributed by atoms with E-state index >= 15 is 0 Å². The molecule has 0 saturated carbocycles. The molecule has 0 fully saturated rings. The Morgan fingerprint density at radius 1 is 1.06 bits per heavy atom. The van der Waals surface area contributed by atoms with Gasteiger partial charge in [0.05, 0.1) is 19.6 Å². The van der Waals surface area contributed by atoms with Gasteiger partial charge >= 0.3 is 17.9 Å². The summed E-state index contributed by atoms with van der Waals surface area (Å²) in [6.07, 6.45) is 0. The molecule has 0 bridgehead atoms. The number of hydrogen-bond acceptors (Lipinski definition) is 5. The Morgan fingerprint density at radius 2 is 1.53 bits per heavy atom. The summed E-state index contributed by atoms with van der Waals surface area (Å²) in [6.45, 7) is 0.747. The SMILES string of the molecule is C[C@@H](CN(CC(=O)O)CC(=O)O)NCC(=O)O. The van der Waals surface area contributed by atoms with Crippen LogP contribution in [0.1, 0.15) is 6.92 Å². The van der Waals surface area contributed by atoms with E-state index in [1.54, 1.807) is 6.92 Å². The highest BCUT2D eigenvalue weighted by Gasteiger charge is 2.16. The van der Waals surface area contributed by atoms with Gasteiger partial charge in [-0.3, -0.25) is 19.3 Å². The van der Waals surface area contributed by atoms with E-state index in [9.17, 15) is 14.4 Å². The minimum Gasteiger partial charge on any atom is -0.480 e. The van der Waals surface area contributed by atoms with Crippen LogP contribution in [0.25, 0.3) is 0 Å². The van der Waals surface area contributed by atoms with E-state index in [1.807, 2.05) is 0 Å². The first-order valence-electron chi connectivity index (χ1n) is 4.92. The lowest BCUT2D eigenvalue weighted by Gasteiger charge is -2.22. The summed E-state index contributed by atoms with van der Waals surface area (Å²) < 4.78 is 0. The van der Waals surface area contributed by atoms with Crippen LogP contribution in [0.3, 0.4) is 0 Å². The van der Waals surface area contributed by atoms with Crippen molar-refractivity contribution in [3.8, 4) is 0 Å². The molecule has 0 aromatic carbocycles. The van der Waals surface area contributed by atoms with Crippen LogP contribution in [0.15, 0.2) is 0 Å². The third-order valence-corrected chi connectivity index (χ3v) is 1.85. The molecule has 8 nitrogen and oxygen atoms in total. The zero-order valence-electron chi connectivity index (χ0n) is 9.42. The van der Waals surface area contributed by atoms with E-state index in [0.29, 0.717) is 0 Å². The van der Waals surface area contributed by atoms with Gasteiger partial charge < -0.3 is 20.6 Å². The number of nitrogens with one attached hydrogen (secondary N) is 1. The van der Waals surface area contributed by atoms with Crippen molar-refractivity contribution in [2.75, 3.05) is 26.2 Å². The summed E-state index contributed by atoms with van der Waals surface area (Å²) in [6, 6.07) is -0.315. The van der Waals surface area contributed by atoms with Gasteiger partial charge in [-0.15, -0.1) is 0 Å². The lowest BCUT2D eigenvalue weighted by atomic mass is 10.3. The molecule has 8 heteroatoms. The number of carbonyl (C=O) groups is 3. The first kappa shape index (κ1) is 15.3. The van der Waals surface area contributed by atoms with Crippen LogP contribution in [0, 0.1) is 0 Å². The fourth-order valence-electron chi connectivity index (χ4n) is 1.28. The molecular formula is C9H16N2O6. The minimum absolute atomic E-state index is 0.145. The lowest BCUT2D eigenvalue weighted by Crippen LogP contribution is -2.44. The monoisotopic (exact) mass is 248 g/mol. The highest BCUT2D eigenvalue weighted by Crippen LogP contribution is 1.93. The van der Waals surface area contributed by atoms with E-state index in [1.165, 1.54) is 4.90 Å². The molecule has 0 spiro atoms. The second-order valence-corrected chi connectivity index (χ2v) is 3.63. The van der Waals surface area contributed by atoms with E-state index in [2.05, 4.69) is 5.32 Å². The molecule has 0 amide bonds. The summed E-state index contributed by atoms with van der Waals surface area (Å²) in [7, 11) is 0. The number of rotatable bonds is 9. The summed E-state index contributed by atoms with van der Waals surface area (Å²) in [5, 5.41) is 28.2. The molecule has 4 N–H and O–H groups in total. The van der Waals surface area contributed by atoms with E-state index in [4.69, 9.17) is 15.3 Å². The first-order valence-corrected chi connectivity index (χ1v) is 4.92. The normalized spacial score (nSPS) is 12.4. The van der Waals surface area contributed by atoms with Crippen molar-refractivity contribution < 1.29 is 29.7 Å². The molecule has 0 aliphatic heterocycles. The molecular weight excluding hydrogens is 232 g/mol. The standard InChI is InChI=1S/C9H16N2O6/c1-6(10-2-7(12)13)3-11(4-8(14)15)5-9(16)17/h6,10H,2-5H2,1H3,(H,12,13)(H,14,15)(H,16,17)/t6-/m0/s1. The molecule has 98 valence electrons. The van der Waals surface area contributed by atoms with Crippen LogP contribution in [0.4, 0.5) is 0 Å². The predicted octanol–water partition coefficient (Wildman–Crippen LogP) is -1.48. The number of hydrogen-bond donors (Lipinski definition) is 4. The molecule has 0 aliphatic carbocycles. The van der Waals surface area contributed by atoms with E-state index in [0.717, 1.165) is 0 Å². The first-order chi connectivity index (χ1) is 7.81.